The summed E-state index contributed by atoms with van der Waals surface area (Å²) in [5.41, 5.74) is 0.211. The number of carbonyl (C=O) groups is 1. The fourth-order valence-corrected chi connectivity index (χ4v) is 2.24. The van der Waals surface area contributed by atoms with E-state index in [2.05, 4.69) is 4.98 Å². The van der Waals surface area contributed by atoms with E-state index in [0.29, 0.717) is 5.69 Å². The highest BCUT2D eigenvalue weighted by atomic mass is 16.7. The molecule has 5 nitrogen and oxygen atoms in total. The van der Waals surface area contributed by atoms with Gasteiger partial charge >= 0.3 is 13.1 Å². The molecule has 0 saturated carbocycles. The molecular formula is C17H26BNO4. The van der Waals surface area contributed by atoms with Crippen molar-refractivity contribution >= 4 is 18.6 Å². The van der Waals surface area contributed by atoms with Crippen LogP contribution in [-0.2, 0) is 25.3 Å². The third kappa shape index (κ3) is 4.33. The molecule has 0 unspecified atom stereocenters. The van der Waals surface area contributed by atoms with Crippen molar-refractivity contribution in [1.29, 1.82) is 0 Å². The van der Waals surface area contributed by atoms with Crippen LogP contribution in [-0.4, -0.2) is 34.9 Å². The molecule has 1 aromatic heterocycles. The van der Waals surface area contributed by atoms with Crippen LogP contribution in [0.2, 0.25) is 0 Å². The van der Waals surface area contributed by atoms with E-state index in [1.807, 2.05) is 60.6 Å². The van der Waals surface area contributed by atoms with Crippen molar-refractivity contribution in [3.8, 4) is 0 Å². The predicted molar refractivity (Wildman–Crippen MR) is 89.5 cm³/mol. The first-order valence-corrected chi connectivity index (χ1v) is 7.92. The molecule has 1 aliphatic rings. The van der Waals surface area contributed by atoms with Gasteiger partial charge in [0.1, 0.15) is 5.60 Å². The van der Waals surface area contributed by atoms with Gasteiger partial charge in [0.05, 0.1) is 23.3 Å². The van der Waals surface area contributed by atoms with Crippen LogP contribution in [0.3, 0.4) is 0 Å². The lowest BCUT2D eigenvalue weighted by Crippen LogP contribution is -2.41. The fraction of sp³-hybridized carbons (Fsp3) is 0.647. The monoisotopic (exact) mass is 319 g/mol. The van der Waals surface area contributed by atoms with Crippen LogP contribution in [0, 0.1) is 0 Å². The molecule has 0 bridgehead atoms. The van der Waals surface area contributed by atoms with Crippen LogP contribution in [0.1, 0.15) is 54.2 Å². The molecular weight excluding hydrogens is 293 g/mol. The summed E-state index contributed by atoms with van der Waals surface area (Å²) in [6, 6.07) is 3.69. The lowest BCUT2D eigenvalue weighted by Gasteiger charge is -2.32. The van der Waals surface area contributed by atoms with Crippen LogP contribution in [0.15, 0.2) is 18.3 Å². The molecule has 23 heavy (non-hydrogen) atoms. The number of esters is 1. The highest BCUT2D eigenvalue weighted by molar-refractivity contribution is 6.62. The number of pyridine rings is 1. The largest absolute Gasteiger partial charge is 0.494 e. The average molecular weight is 319 g/mol. The third-order valence-corrected chi connectivity index (χ3v) is 4.11. The minimum atomic E-state index is -0.500. The maximum absolute atomic E-state index is 11.9. The Hall–Kier alpha value is -1.40. The summed E-state index contributed by atoms with van der Waals surface area (Å²) in [4.78, 5) is 16.2. The molecule has 0 atom stereocenters. The van der Waals surface area contributed by atoms with Crippen molar-refractivity contribution in [2.24, 2.45) is 0 Å². The zero-order valence-electron chi connectivity index (χ0n) is 15.1. The smallest absolute Gasteiger partial charge is 0.460 e. The number of carbonyl (C=O) groups excluding carboxylic acids is 1. The minimum Gasteiger partial charge on any atom is -0.460 e. The number of hydrogen-bond donors (Lipinski definition) is 0. The summed E-state index contributed by atoms with van der Waals surface area (Å²) < 4.78 is 17.4. The molecule has 0 amide bonds. The zero-order chi connectivity index (χ0) is 17.5. The first-order chi connectivity index (χ1) is 10.4. The number of ether oxygens (including phenoxy) is 1. The molecule has 6 heteroatoms. The van der Waals surface area contributed by atoms with E-state index in [4.69, 9.17) is 14.0 Å². The highest BCUT2D eigenvalue weighted by Crippen LogP contribution is 2.36. The van der Waals surface area contributed by atoms with Crippen molar-refractivity contribution in [1.82, 2.24) is 4.98 Å². The van der Waals surface area contributed by atoms with E-state index in [-0.39, 0.29) is 12.4 Å². The number of hydrogen-bond acceptors (Lipinski definition) is 5. The van der Waals surface area contributed by atoms with Gasteiger partial charge in [-0.15, -0.1) is 0 Å². The Labute approximate surface area is 138 Å². The van der Waals surface area contributed by atoms with Gasteiger partial charge in [-0.3, -0.25) is 9.78 Å². The van der Waals surface area contributed by atoms with E-state index in [1.54, 1.807) is 6.20 Å². The van der Waals surface area contributed by atoms with Crippen molar-refractivity contribution in [2.45, 2.75) is 71.7 Å². The molecule has 1 aliphatic heterocycles. The Morgan fingerprint density at radius 3 is 2.30 bits per heavy atom. The molecule has 2 heterocycles. The second kappa shape index (κ2) is 5.91. The van der Waals surface area contributed by atoms with Gasteiger partial charge in [0.15, 0.2) is 0 Å². The summed E-state index contributed by atoms with van der Waals surface area (Å²) in [5, 5.41) is 0. The summed E-state index contributed by atoms with van der Waals surface area (Å²) in [6.07, 6.45) is 1.80. The van der Waals surface area contributed by atoms with Crippen LogP contribution < -0.4 is 5.46 Å². The normalized spacial score (nSPS) is 19.7. The number of nitrogens with zero attached hydrogens (tertiary/aromatic N) is 1. The van der Waals surface area contributed by atoms with E-state index in [1.165, 1.54) is 0 Å². The summed E-state index contributed by atoms with van der Waals surface area (Å²) >= 11 is 0. The Morgan fingerprint density at radius 2 is 1.78 bits per heavy atom. The molecule has 1 fully saturated rings. The van der Waals surface area contributed by atoms with Crippen molar-refractivity contribution in [3.63, 3.8) is 0 Å². The highest BCUT2D eigenvalue weighted by Gasteiger charge is 2.51. The van der Waals surface area contributed by atoms with Gasteiger partial charge in [-0.05, 0) is 66.1 Å². The minimum absolute atomic E-state index is 0.130. The van der Waals surface area contributed by atoms with E-state index >= 15 is 0 Å². The summed E-state index contributed by atoms with van der Waals surface area (Å²) in [6.45, 7) is 13.6. The Kier molecular flexibility index (Phi) is 4.61. The van der Waals surface area contributed by atoms with Gasteiger partial charge in [-0.25, -0.2) is 0 Å². The first-order valence-electron chi connectivity index (χ1n) is 7.92. The van der Waals surface area contributed by atoms with Crippen molar-refractivity contribution in [2.75, 3.05) is 0 Å². The maximum Gasteiger partial charge on any atom is 0.494 e. The molecule has 0 radical (unpaired) electrons. The van der Waals surface area contributed by atoms with Crippen molar-refractivity contribution < 1.29 is 18.8 Å². The molecule has 126 valence electrons. The average Bonchev–Trinajstić information content (AvgIpc) is 2.56. The topological polar surface area (TPSA) is 57.7 Å². The molecule has 0 aromatic carbocycles. The molecule has 1 aromatic rings. The quantitative estimate of drug-likeness (QED) is 0.632. The fourth-order valence-electron chi connectivity index (χ4n) is 2.24. The lowest BCUT2D eigenvalue weighted by molar-refractivity contribution is -0.153. The van der Waals surface area contributed by atoms with Crippen LogP contribution in [0.4, 0.5) is 0 Å². The number of aromatic nitrogens is 1. The van der Waals surface area contributed by atoms with Gasteiger partial charge in [-0.1, -0.05) is 0 Å². The maximum atomic E-state index is 11.9. The van der Waals surface area contributed by atoms with E-state index in [0.717, 1.165) is 5.46 Å². The zero-order valence-corrected chi connectivity index (χ0v) is 15.1. The van der Waals surface area contributed by atoms with E-state index < -0.39 is 23.9 Å². The first kappa shape index (κ1) is 18.0. The predicted octanol–water partition coefficient (Wildman–Crippen LogP) is 2.27. The van der Waals surface area contributed by atoms with Gasteiger partial charge in [0.25, 0.3) is 0 Å². The van der Waals surface area contributed by atoms with Gasteiger partial charge in [-0.2, -0.15) is 0 Å². The van der Waals surface area contributed by atoms with Gasteiger partial charge < -0.3 is 14.0 Å². The number of rotatable bonds is 3. The molecule has 1 saturated heterocycles. The van der Waals surface area contributed by atoms with Crippen LogP contribution in [0.25, 0.3) is 0 Å². The Balaban J connectivity index is 2.11. The van der Waals surface area contributed by atoms with Gasteiger partial charge in [0.2, 0.25) is 0 Å². The molecule has 2 rings (SSSR count). The summed E-state index contributed by atoms with van der Waals surface area (Å²) in [7, 11) is -0.458. The molecule has 0 N–H and O–H groups in total. The second-order valence-electron chi connectivity index (χ2n) is 7.93. The molecule has 0 aliphatic carbocycles. The lowest BCUT2D eigenvalue weighted by atomic mass is 9.79. The molecule has 0 spiro atoms. The summed E-state index contributed by atoms with van der Waals surface area (Å²) in [5.74, 6) is -0.295. The van der Waals surface area contributed by atoms with Crippen molar-refractivity contribution in [3.05, 3.63) is 24.0 Å². The Bertz CT molecular complexity index is 577. The van der Waals surface area contributed by atoms with E-state index in [9.17, 15) is 4.79 Å². The third-order valence-electron chi connectivity index (χ3n) is 4.11. The van der Waals surface area contributed by atoms with Crippen LogP contribution in [0.5, 0.6) is 0 Å². The SMILES string of the molecule is CC(C)(C)OC(=O)Cc1cc(B2OC(C)(C)C(C)(C)O2)ccn1. The van der Waals surface area contributed by atoms with Crippen LogP contribution >= 0.6 is 0 Å². The standard InChI is InChI=1S/C17H26BNO4/c1-15(2,3)21-14(20)11-13-10-12(8-9-19-13)18-22-16(4,5)17(6,7)23-18/h8-10H,11H2,1-7H3. The van der Waals surface area contributed by atoms with Gasteiger partial charge in [0, 0.05) is 6.20 Å². The Morgan fingerprint density at radius 1 is 1.22 bits per heavy atom. The second-order valence-corrected chi connectivity index (χ2v) is 7.93.